The van der Waals surface area contributed by atoms with Crippen molar-refractivity contribution in [2.24, 2.45) is 0 Å². The summed E-state index contributed by atoms with van der Waals surface area (Å²) in [6, 6.07) is 17.6. The molecule has 1 N–H and O–H groups in total. The van der Waals surface area contributed by atoms with Crippen LogP contribution in [0.5, 0.6) is 5.88 Å². The minimum atomic E-state index is 0.167. The minimum absolute atomic E-state index is 0.167. The maximum absolute atomic E-state index is 10.4. The van der Waals surface area contributed by atoms with Gasteiger partial charge in [-0.05, 0) is 24.1 Å². The Bertz CT molecular complexity index is 702. The quantitative estimate of drug-likeness (QED) is 0.755. The third kappa shape index (κ3) is 1.99. The number of para-hydroxylation sites is 1. The Morgan fingerprint density at radius 2 is 1.63 bits per heavy atom. The van der Waals surface area contributed by atoms with Crippen LogP contribution in [-0.2, 0) is 0 Å². The van der Waals surface area contributed by atoms with Crippen LogP contribution in [0, 0.1) is 6.92 Å². The Balaban J connectivity index is 2.12. The first-order valence-electron chi connectivity index (χ1n) is 6.16. The number of nitrogens with zero attached hydrogens (tertiary/aromatic N) is 2. The molecule has 3 rings (SSSR count). The van der Waals surface area contributed by atoms with E-state index in [1.54, 1.807) is 10.9 Å². The fraction of sp³-hybridized carbons (Fsp3) is 0.0625. The molecular formula is C16H14N2O. The molecule has 0 saturated heterocycles. The highest BCUT2D eigenvalue weighted by Crippen LogP contribution is 2.31. The second-order valence-electron chi connectivity index (χ2n) is 4.45. The maximum atomic E-state index is 10.4. The molecule has 94 valence electrons. The average Bonchev–Trinajstić information content (AvgIpc) is 2.82. The first-order chi connectivity index (χ1) is 9.27. The fourth-order valence-electron chi connectivity index (χ4n) is 2.14. The molecule has 0 fully saturated rings. The molecule has 0 atom stereocenters. The molecule has 0 aliphatic heterocycles. The van der Waals surface area contributed by atoms with Crippen LogP contribution in [-0.4, -0.2) is 14.9 Å². The predicted octanol–water partition coefficient (Wildman–Crippen LogP) is 3.55. The minimum Gasteiger partial charge on any atom is -0.493 e. The van der Waals surface area contributed by atoms with Crippen molar-refractivity contribution in [3.05, 3.63) is 66.4 Å². The molecule has 1 aromatic heterocycles. The molecule has 3 aromatic rings. The normalized spacial score (nSPS) is 10.6. The highest BCUT2D eigenvalue weighted by atomic mass is 16.3. The highest BCUT2D eigenvalue weighted by Gasteiger charge is 2.13. The Morgan fingerprint density at radius 1 is 0.947 bits per heavy atom. The summed E-state index contributed by atoms with van der Waals surface area (Å²) in [6.45, 7) is 2.00. The van der Waals surface area contributed by atoms with Crippen molar-refractivity contribution < 1.29 is 5.11 Å². The van der Waals surface area contributed by atoms with Gasteiger partial charge in [0, 0.05) is 0 Å². The number of hydrogen-bond acceptors (Lipinski definition) is 2. The zero-order valence-corrected chi connectivity index (χ0v) is 10.6. The predicted molar refractivity (Wildman–Crippen MR) is 75.4 cm³/mol. The largest absolute Gasteiger partial charge is 0.493 e. The van der Waals surface area contributed by atoms with Gasteiger partial charge in [0.25, 0.3) is 0 Å². The molecule has 1 heterocycles. The molecule has 0 aliphatic rings. The number of rotatable bonds is 2. The maximum Gasteiger partial charge on any atom is 0.222 e. The van der Waals surface area contributed by atoms with E-state index in [1.165, 1.54) is 0 Å². The third-order valence-corrected chi connectivity index (χ3v) is 3.17. The standard InChI is InChI=1S/C16H14N2O/c1-12-7-5-6-10-15(12)18-16(19)14(11-17-18)13-8-3-2-4-9-13/h2-11,19H,1H3. The Kier molecular flexibility index (Phi) is 2.80. The molecule has 0 aliphatic carbocycles. The molecule has 0 unspecified atom stereocenters. The zero-order chi connectivity index (χ0) is 13.2. The van der Waals surface area contributed by atoms with E-state index in [4.69, 9.17) is 0 Å². The molecule has 2 aromatic carbocycles. The molecule has 3 heteroatoms. The smallest absolute Gasteiger partial charge is 0.222 e. The van der Waals surface area contributed by atoms with E-state index in [1.807, 2.05) is 61.5 Å². The van der Waals surface area contributed by atoms with Crippen LogP contribution in [0.3, 0.4) is 0 Å². The van der Waals surface area contributed by atoms with Crippen molar-refractivity contribution in [3.8, 4) is 22.7 Å². The van der Waals surface area contributed by atoms with Gasteiger partial charge in [-0.3, -0.25) is 0 Å². The van der Waals surface area contributed by atoms with Crippen molar-refractivity contribution in [1.29, 1.82) is 0 Å². The number of aryl methyl sites for hydroxylation is 1. The summed E-state index contributed by atoms with van der Waals surface area (Å²) in [7, 11) is 0. The SMILES string of the molecule is Cc1ccccc1-n1ncc(-c2ccccc2)c1O. The van der Waals surface area contributed by atoms with Crippen molar-refractivity contribution in [3.63, 3.8) is 0 Å². The van der Waals surface area contributed by atoms with Gasteiger partial charge >= 0.3 is 0 Å². The van der Waals surface area contributed by atoms with Gasteiger partial charge in [-0.1, -0.05) is 48.5 Å². The van der Waals surface area contributed by atoms with Gasteiger partial charge in [-0.25, -0.2) is 4.68 Å². The van der Waals surface area contributed by atoms with Crippen LogP contribution >= 0.6 is 0 Å². The number of aromatic hydroxyl groups is 1. The summed E-state index contributed by atoms with van der Waals surface area (Å²) in [5.41, 5.74) is 3.66. The van der Waals surface area contributed by atoms with E-state index in [9.17, 15) is 5.11 Å². The van der Waals surface area contributed by atoms with Crippen LogP contribution in [0.1, 0.15) is 5.56 Å². The van der Waals surface area contributed by atoms with Gasteiger partial charge < -0.3 is 5.11 Å². The van der Waals surface area contributed by atoms with Crippen molar-refractivity contribution in [2.45, 2.75) is 6.92 Å². The van der Waals surface area contributed by atoms with E-state index >= 15 is 0 Å². The summed E-state index contributed by atoms with van der Waals surface area (Å²) in [5, 5.41) is 14.7. The lowest BCUT2D eigenvalue weighted by atomic mass is 10.1. The zero-order valence-electron chi connectivity index (χ0n) is 10.6. The summed E-state index contributed by atoms with van der Waals surface area (Å²) in [5.74, 6) is 0.167. The van der Waals surface area contributed by atoms with E-state index < -0.39 is 0 Å². The number of aromatic nitrogens is 2. The summed E-state index contributed by atoms with van der Waals surface area (Å²) >= 11 is 0. The van der Waals surface area contributed by atoms with Crippen molar-refractivity contribution in [2.75, 3.05) is 0 Å². The molecule has 0 radical (unpaired) electrons. The molecule has 3 nitrogen and oxygen atoms in total. The Morgan fingerprint density at radius 3 is 2.37 bits per heavy atom. The first-order valence-corrected chi connectivity index (χ1v) is 6.16. The van der Waals surface area contributed by atoms with E-state index in [-0.39, 0.29) is 5.88 Å². The summed E-state index contributed by atoms with van der Waals surface area (Å²) in [6.07, 6.45) is 1.69. The van der Waals surface area contributed by atoms with Crippen LogP contribution in [0.15, 0.2) is 60.8 Å². The third-order valence-electron chi connectivity index (χ3n) is 3.17. The van der Waals surface area contributed by atoms with Gasteiger partial charge in [0.2, 0.25) is 5.88 Å². The van der Waals surface area contributed by atoms with Gasteiger partial charge in [0.15, 0.2) is 0 Å². The summed E-state index contributed by atoms with van der Waals surface area (Å²) in [4.78, 5) is 0. The van der Waals surface area contributed by atoms with Crippen molar-refractivity contribution in [1.82, 2.24) is 9.78 Å². The van der Waals surface area contributed by atoms with Gasteiger partial charge in [-0.15, -0.1) is 0 Å². The van der Waals surface area contributed by atoms with Crippen LogP contribution in [0.2, 0.25) is 0 Å². The van der Waals surface area contributed by atoms with Crippen molar-refractivity contribution >= 4 is 0 Å². The number of hydrogen-bond donors (Lipinski definition) is 1. The lowest BCUT2D eigenvalue weighted by Gasteiger charge is -2.07. The lowest BCUT2D eigenvalue weighted by Crippen LogP contribution is -1.97. The Labute approximate surface area is 111 Å². The van der Waals surface area contributed by atoms with Gasteiger partial charge in [-0.2, -0.15) is 5.10 Å². The van der Waals surface area contributed by atoms with Crippen LogP contribution in [0.25, 0.3) is 16.8 Å². The average molecular weight is 250 g/mol. The molecule has 0 bridgehead atoms. The van der Waals surface area contributed by atoms with E-state index in [2.05, 4.69) is 5.10 Å². The molecule has 0 saturated carbocycles. The molecule has 0 amide bonds. The van der Waals surface area contributed by atoms with E-state index in [0.717, 1.165) is 22.4 Å². The van der Waals surface area contributed by atoms with Gasteiger partial charge in [0.05, 0.1) is 17.4 Å². The second-order valence-corrected chi connectivity index (χ2v) is 4.45. The second kappa shape index (κ2) is 4.61. The van der Waals surface area contributed by atoms with Gasteiger partial charge in [0.1, 0.15) is 0 Å². The molecule has 19 heavy (non-hydrogen) atoms. The monoisotopic (exact) mass is 250 g/mol. The Hall–Kier alpha value is -2.55. The topological polar surface area (TPSA) is 38.0 Å². The molecular weight excluding hydrogens is 236 g/mol. The highest BCUT2D eigenvalue weighted by molar-refractivity contribution is 5.68. The van der Waals surface area contributed by atoms with Crippen LogP contribution < -0.4 is 0 Å². The summed E-state index contributed by atoms with van der Waals surface area (Å²) < 4.78 is 1.57. The first kappa shape index (κ1) is 11.5. The van der Waals surface area contributed by atoms with E-state index in [0.29, 0.717) is 0 Å². The van der Waals surface area contributed by atoms with Crippen LogP contribution in [0.4, 0.5) is 0 Å². The molecule has 0 spiro atoms. The lowest BCUT2D eigenvalue weighted by molar-refractivity contribution is 0.435. The number of benzene rings is 2. The fourth-order valence-corrected chi connectivity index (χ4v) is 2.14.